The van der Waals surface area contributed by atoms with Gasteiger partial charge in [-0.1, -0.05) is 66.0 Å². The van der Waals surface area contributed by atoms with Crippen LogP contribution in [0.3, 0.4) is 0 Å². The molecule has 0 aliphatic rings. The van der Waals surface area contributed by atoms with Crippen molar-refractivity contribution in [2.45, 2.75) is 44.7 Å². The standard InChI is InChI=1S/C28H32ClN3O4S/c1-5-26(28(34)30-4)31(18-22-10-6-20(2)7-11-22)27(33)19-32(24-14-12-23(29)13-15-24)37(35,36)25-16-8-21(3)9-17-25/h6-17,26H,5,18-19H2,1-4H3,(H,30,34)/t26-/m0/s1. The zero-order chi connectivity index (χ0) is 27.2. The summed E-state index contributed by atoms with van der Waals surface area (Å²) in [4.78, 5) is 28.1. The molecule has 0 bridgehead atoms. The fourth-order valence-electron chi connectivity index (χ4n) is 3.95. The molecule has 3 rings (SSSR count). The molecule has 9 heteroatoms. The maximum atomic E-state index is 13.8. The van der Waals surface area contributed by atoms with Crippen molar-refractivity contribution in [2.75, 3.05) is 17.9 Å². The van der Waals surface area contributed by atoms with E-state index in [1.54, 1.807) is 36.4 Å². The van der Waals surface area contributed by atoms with E-state index in [1.165, 1.54) is 24.1 Å². The van der Waals surface area contributed by atoms with Crippen LogP contribution in [0, 0.1) is 13.8 Å². The van der Waals surface area contributed by atoms with Gasteiger partial charge < -0.3 is 10.2 Å². The lowest BCUT2D eigenvalue weighted by Gasteiger charge is -2.33. The van der Waals surface area contributed by atoms with Gasteiger partial charge in [0.15, 0.2) is 0 Å². The molecule has 0 aliphatic carbocycles. The Labute approximate surface area is 224 Å². The van der Waals surface area contributed by atoms with E-state index < -0.39 is 28.5 Å². The molecule has 0 saturated carbocycles. The molecule has 1 atom stereocenters. The van der Waals surface area contributed by atoms with Crippen LogP contribution in [-0.2, 0) is 26.2 Å². The zero-order valence-corrected chi connectivity index (χ0v) is 23.0. The highest BCUT2D eigenvalue weighted by molar-refractivity contribution is 7.92. The maximum Gasteiger partial charge on any atom is 0.264 e. The third-order valence-corrected chi connectivity index (χ3v) is 8.15. The van der Waals surface area contributed by atoms with Crippen LogP contribution in [0.2, 0.25) is 5.02 Å². The number of nitrogens with zero attached hydrogens (tertiary/aromatic N) is 2. The van der Waals surface area contributed by atoms with Gasteiger partial charge in [-0.05, 0) is 62.2 Å². The van der Waals surface area contributed by atoms with Crippen molar-refractivity contribution in [1.29, 1.82) is 0 Å². The third-order valence-electron chi connectivity index (χ3n) is 6.11. The van der Waals surface area contributed by atoms with Crippen LogP contribution in [0.1, 0.15) is 30.0 Å². The lowest BCUT2D eigenvalue weighted by atomic mass is 10.1. The molecule has 0 heterocycles. The van der Waals surface area contributed by atoms with Gasteiger partial charge in [0, 0.05) is 18.6 Å². The fourth-order valence-corrected chi connectivity index (χ4v) is 5.49. The summed E-state index contributed by atoms with van der Waals surface area (Å²) in [6, 6.07) is 19.6. The second kappa shape index (κ2) is 12.3. The minimum Gasteiger partial charge on any atom is -0.357 e. The third kappa shape index (κ3) is 6.90. The van der Waals surface area contributed by atoms with Crippen LogP contribution >= 0.6 is 11.6 Å². The van der Waals surface area contributed by atoms with E-state index >= 15 is 0 Å². The minimum absolute atomic E-state index is 0.0595. The van der Waals surface area contributed by atoms with Gasteiger partial charge in [-0.25, -0.2) is 8.42 Å². The lowest BCUT2D eigenvalue weighted by molar-refractivity contribution is -0.140. The quantitative estimate of drug-likeness (QED) is 0.403. The summed E-state index contributed by atoms with van der Waals surface area (Å²) in [7, 11) is -2.59. The van der Waals surface area contributed by atoms with E-state index in [2.05, 4.69) is 5.32 Å². The Hall–Kier alpha value is -3.36. The van der Waals surface area contributed by atoms with Gasteiger partial charge in [0.25, 0.3) is 10.0 Å². The predicted molar refractivity (Wildman–Crippen MR) is 147 cm³/mol. The Morgan fingerprint density at radius 3 is 1.95 bits per heavy atom. The maximum absolute atomic E-state index is 13.8. The molecule has 0 spiro atoms. The number of carbonyl (C=O) groups is 2. The molecule has 37 heavy (non-hydrogen) atoms. The summed E-state index contributed by atoms with van der Waals surface area (Å²) in [5.74, 6) is -0.816. The Bertz CT molecular complexity index is 1330. The van der Waals surface area contributed by atoms with Crippen molar-refractivity contribution in [3.8, 4) is 0 Å². The van der Waals surface area contributed by atoms with Gasteiger partial charge in [-0.2, -0.15) is 0 Å². The molecule has 3 aromatic carbocycles. The smallest absolute Gasteiger partial charge is 0.264 e. The molecule has 0 aromatic heterocycles. The first-order chi connectivity index (χ1) is 17.6. The Morgan fingerprint density at radius 1 is 0.892 bits per heavy atom. The molecular weight excluding hydrogens is 510 g/mol. The Balaban J connectivity index is 2.04. The molecule has 0 aliphatic heterocycles. The number of carbonyl (C=O) groups excluding carboxylic acids is 2. The van der Waals surface area contributed by atoms with E-state index in [0.717, 1.165) is 21.0 Å². The molecule has 196 valence electrons. The van der Waals surface area contributed by atoms with Gasteiger partial charge in [-0.15, -0.1) is 0 Å². The summed E-state index contributed by atoms with van der Waals surface area (Å²) in [5.41, 5.74) is 3.11. The van der Waals surface area contributed by atoms with Crippen LogP contribution in [-0.4, -0.2) is 44.8 Å². The zero-order valence-electron chi connectivity index (χ0n) is 21.4. The number of amides is 2. The first-order valence-corrected chi connectivity index (χ1v) is 13.8. The van der Waals surface area contributed by atoms with Gasteiger partial charge in [-0.3, -0.25) is 13.9 Å². The monoisotopic (exact) mass is 541 g/mol. The number of likely N-dealkylation sites (N-methyl/N-ethyl adjacent to an activating group) is 1. The topological polar surface area (TPSA) is 86.8 Å². The highest BCUT2D eigenvalue weighted by Gasteiger charge is 2.33. The Morgan fingerprint density at radius 2 is 1.43 bits per heavy atom. The van der Waals surface area contributed by atoms with Crippen LogP contribution in [0.4, 0.5) is 5.69 Å². The van der Waals surface area contributed by atoms with Crippen LogP contribution in [0.25, 0.3) is 0 Å². The SMILES string of the molecule is CC[C@@H](C(=O)NC)N(Cc1ccc(C)cc1)C(=O)CN(c1ccc(Cl)cc1)S(=O)(=O)c1ccc(C)cc1. The van der Waals surface area contributed by atoms with Crippen LogP contribution in [0.15, 0.2) is 77.7 Å². The van der Waals surface area contributed by atoms with Crippen LogP contribution in [0.5, 0.6) is 0 Å². The average molecular weight is 542 g/mol. The average Bonchev–Trinajstić information content (AvgIpc) is 2.88. The highest BCUT2D eigenvalue weighted by Crippen LogP contribution is 2.26. The van der Waals surface area contributed by atoms with E-state index in [0.29, 0.717) is 17.1 Å². The first kappa shape index (κ1) is 28.2. The van der Waals surface area contributed by atoms with Gasteiger partial charge in [0.1, 0.15) is 12.6 Å². The molecule has 2 amide bonds. The van der Waals surface area contributed by atoms with E-state index in [-0.39, 0.29) is 17.3 Å². The van der Waals surface area contributed by atoms with Crippen molar-refractivity contribution < 1.29 is 18.0 Å². The van der Waals surface area contributed by atoms with Gasteiger partial charge in [0.2, 0.25) is 11.8 Å². The van der Waals surface area contributed by atoms with Gasteiger partial charge >= 0.3 is 0 Å². The number of halogens is 1. The molecule has 1 N–H and O–H groups in total. The van der Waals surface area contributed by atoms with E-state index in [9.17, 15) is 18.0 Å². The van der Waals surface area contributed by atoms with Crippen molar-refractivity contribution in [3.63, 3.8) is 0 Å². The number of hydrogen-bond acceptors (Lipinski definition) is 4. The summed E-state index contributed by atoms with van der Waals surface area (Å²) in [5, 5.41) is 3.06. The number of anilines is 1. The highest BCUT2D eigenvalue weighted by atomic mass is 35.5. The van der Waals surface area contributed by atoms with Crippen molar-refractivity contribution in [3.05, 3.63) is 94.5 Å². The molecular formula is C28H32ClN3O4S. The number of aryl methyl sites for hydroxylation is 2. The second-order valence-corrected chi connectivity index (χ2v) is 11.1. The normalized spacial score (nSPS) is 12.0. The molecule has 0 fully saturated rings. The molecule has 7 nitrogen and oxygen atoms in total. The summed E-state index contributed by atoms with van der Waals surface area (Å²) < 4.78 is 28.6. The summed E-state index contributed by atoms with van der Waals surface area (Å²) in [6.07, 6.45) is 0.364. The van der Waals surface area contributed by atoms with Crippen molar-refractivity contribution in [1.82, 2.24) is 10.2 Å². The first-order valence-electron chi connectivity index (χ1n) is 12.0. The predicted octanol–water partition coefficient (Wildman–Crippen LogP) is 4.71. The van der Waals surface area contributed by atoms with Crippen LogP contribution < -0.4 is 9.62 Å². The second-order valence-electron chi connectivity index (χ2n) is 8.85. The lowest BCUT2D eigenvalue weighted by Crippen LogP contribution is -2.51. The van der Waals surface area contributed by atoms with Crippen molar-refractivity contribution in [2.24, 2.45) is 0 Å². The molecule has 0 radical (unpaired) electrons. The molecule has 0 unspecified atom stereocenters. The summed E-state index contributed by atoms with van der Waals surface area (Å²) in [6.45, 7) is 5.31. The number of benzene rings is 3. The number of hydrogen-bond donors (Lipinski definition) is 1. The number of nitrogens with one attached hydrogen (secondary N) is 1. The Kier molecular flexibility index (Phi) is 9.34. The number of sulfonamides is 1. The molecule has 3 aromatic rings. The van der Waals surface area contributed by atoms with Gasteiger partial charge in [0.05, 0.1) is 10.6 Å². The largest absolute Gasteiger partial charge is 0.357 e. The minimum atomic E-state index is -4.11. The summed E-state index contributed by atoms with van der Waals surface area (Å²) >= 11 is 6.05. The van der Waals surface area contributed by atoms with E-state index in [1.807, 2.05) is 45.0 Å². The van der Waals surface area contributed by atoms with E-state index in [4.69, 9.17) is 11.6 Å². The number of rotatable bonds is 10. The van der Waals surface area contributed by atoms with Crippen molar-refractivity contribution >= 4 is 39.1 Å². The molecule has 0 saturated heterocycles. The fraction of sp³-hybridized carbons (Fsp3) is 0.286.